The smallest absolute Gasteiger partial charge is 0.305 e. The summed E-state index contributed by atoms with van der Waals surface area (Å²) >= 11 is 0. The third-order valence-corrected chi connectivity index (χ3v) is 10.8. The molecule has 8 nitrogen and oxygen atoms in total. The predicted octanol–water partition coefficient (Wildman–Crippen LogP) is 12.3. The third kappa shape index (κ3) is 30.4. The molecule has 0 aromatic heterocycles. The van der Waals surface area contributed by atoms with Crippen molar-refractivity contribution in [2.24, 2.45) is 0 Å². The van der Waals surface area contributed by atoms with E-state index in [1.54, 1.807) is 0 Å². The van der Waals surface area contributed by atoms with Crippen LogP contribution in [-0.4, -0.2) is 81.4 Å². The van der Waals surface area contributed by atoms with E-state index in [9.17, 15) is 9.59 Å². The first kappa shape index (κ1) is 50.9. The highest BCUT2D eigenvalue weighted by Crippen LogP contribution is 2.25. The minimum absolute atomic E-state index is 0.122. The van der Waals surface area contributed by atoms with Gasteiger partial charge >= 0.3 is 11.9 Å². The standard InChI is InChI=1S/C49H85NO7/c1-3-5-7-9-11-13-15-17-19-21-23-25-27-29-31-35-47(51)54-43-45-46(57-49(56-45)37-33-34-38-50-39-41-53-42-40-50)44-55-48(52)36-32-30-28-26-24-22-20-18-16-14-12-10-8-6-4-2/h11-14,17-20,45-46,49H,3-10,15-16,21-44H2,1-2H3/b13-11-,14-12-,19-17-,20-18-. The summed E-state index contributed by atoms with van der Waals surface area (Å²) in [6.45, 7) is 9.36. The van der Waals surface area contributed by atoms with Crippen molar-refractivity contribution in [3.8, 4) is 0 Å². The number of hydrogen-bond donors (Lipinski definition) is 0. The molecule has 2 heterocycles. The zero-order chi connectivity index (χ0) is 40.7. The van der Waals surface area contributed by atoms with Crippen LogP contribution in [0, 0.1) is 0 Å². The van der Waals surface area contributed by atoms with Crippen LogP contribution in [0.2, 0.25) is 0 Å². The quantitative estimate of drug-likeness (QED) is 0.0349. The number of nitrogens with zero attached hydrogens (tertiary/aromatic N) is 1. The molecule has 0 aliphatic carbocycles. The lowest BCUT2D eigenvalue weighted by Crippen LogP contribution is -2.36. The minimum atomic E-state index is -0.438. The summed E-state index contributed by atoms with van der Waals surface area (Å²) in [4.78, 5) is 27.7. The van der Waals surface area contributed by atoms with E-state index in [2.05, 4.69) is 67.4 Å². The summed E-state index contributed by atoms with van der Waals surface area (Å²) in [5, 5.41) is 0. The van der Waals surface area contributed by atoms with Gasteiger partial charge in [0.15, 0.2) is 6.29 Å². The highest BCUT2D eigenvalue weighted by molar-refractivity contribution is 5.69. The molecule has 2 aliphatic heterocycles. The van der Waals surface area contributed by atoms with Gasteiger partial charge in [-0.05, 0) is 103 Å². The van der Waals surface area contributed by atoms with Gasteiger partial charge < -0.3 is 23.7 Å². The zero-order valence-corrected chi connectivity index (χ0v) is 36.7. The fourth-order valence-electron chi connectivity index (χ4n) is 7.15. The van der Waals surface area contributed by atoms with Crippen molar-refractivity contribution in [2.45, 2.75) is 206 Å². The molecular weight excluding hydrogens is 715 g/mol. The maximum Gasteiger partial charge on any atom is 0.305 e. The Morgan fingerprint density at radius 3 is 1.40 bits per heavy atom. The summed E-state index contributed by atoms with van der Waals surface area (Å²) in [7, 11) is 0. The molecule has 2 saturated heterocycles. The molecule has 2 fully saturated rings. The molecule has 2 unspecified atom stereocenters. The predicted molar refractivity (Wildman–Crippen MR) is 235 cm³/mol. The van der Waals surface area contributed by atoms with Crippen molar-refractivity contribution in [3.63, 3.8) is 0 Å². The molecule has 2 rings (SSSR count). The fraction of sp³-hybridized carbons (Fsp3) is 0.796. The molecule has 0 aromatic carbocycles. The van der Waals surface area contributed by atoms with E-state index in [1.807, 2.05) is 0 Å². The largest absolute Gasteiger partial charge is 0.463 e. The van der Waals surface area contributed by atoms with Gasteiger partial charge in [0.1, 0.15) is 25.4 Å². The molecule has 0 spiro atoms. The van der Waals surface area contributed by atoms with Crippen LogP contribution in [0.3, 0.4) is 0 Å². The molecular formula is C49H85NO7. The summed E-state index contributed by atoms with van der Waals surface area (Å²) in [5.74, 6) is -0.398. The number of hydrogen-bond acceptors (Lipinski definition) is 8. The van der Waals surface area contributed by atoms with E-state index in [-0.39, 0.29) is 31.4 Å². The maximum absolute atomic E-state index is 12.6. The van der Waals surface area contributed by atoms with Gasteiger partial charge in [-0.1, -0.05) is 127 Å². The molecule has 2 aliphatic rings. The zero-order valence-electron chi connectivity index (χ0n) is 36.7. The molecule has 0 N–H and O–H groups in total. The normalized spacial score (nSPS) is 19.2. The van der Waals surface area contributed by atoms with Crippen LogP contribution in [0.5, 0.6) is 0 Å². The minimum Gasteiger partial charge on any atom is -0.463 e. The molecule has 0 bridgehead atoms. The van der Waals surface area contributed by atoms with Crippen LogP contribution >= 0.6 is 0 Å². The van der Waals surface area contributed by atoms with Crippen molar-refractivity contribution >= 4 is 11.9 Å². The second-order valence-corrected chi connectivity index (χ2v) is 16.1. The third-order valence-electron chi connectivity index (χ3n) is 10.8. The van der Waals surface area contributed by atoms with Crippen LogP contribution in [0.25, 0.3) is 0 Å². The van der Waals surface area contributed by atoms with E-state index >= 15 is 0 Å². The van der Waals surface area contributed by atoms with Crippen molar-refractivity contribution < 1.29 is 33.3 Å². The molecule has 0 radical (unpaired) electrons. The summed E-state index contributed by atoms with van der Waals surface area (Å²) < 4.78 is 29.3. The first-order valence-electron chi connectivity index (χ1n) is 23.6. The first-order valence-corrected chi connectivity index (χ1v) is 23.6. The molecule has 2 atom stereocenters. The van der Waals surface area contributed by atoms with Gasteiger partial charge in [0.2, 0.25) is 0 Å². The Hall–Kier alpha value is -2.26. The molecule has 0 aromatic rings. The first-order chi connectivity index (χ1) is 28.1. The van der Waals surface area contributed by atoms with Crippen LogP contribution in [0.1, 0.15) is 187 Å². The Kier molecular flexibility index (Phi) is 33.9. The van der Waals surface area contributed by atoms with Crippen LogP contribution in [0.15, 0.2) is 48.6 Å². The number of carbonyl (C=O) groups is 2. The fourth-order valence-corrected chi connectivity index (χ4v) is 7.15. The Labute approximate surface area is 349 Å². The molecule has 8 heteroatoms. The second-order valence-electron chi connectivity index (χ2n) is 16.1. The van der Waals surface area contributed by atoms with E-state index < -0.39 is 12.2 Å². The van der Waals surface area contributed by atoms with E-state index in [1.165, 1.54) is 77.0 Å². The molecule has 0 amide bonds. The lowest BCUT2D eigenvalue weighted by atomic mass is 10.1. The Morgan fingerprint density at radius 1 is 0.526 bits per heavy atom. The van der Waals surface area contributed by atoms with Gasteiger partial charge in [0.25, 0.3) is 0 Å². The van der Waals surface area contributed by atoms with Gasteiger partial charge in [-0.25, -0.2) is 0 Å². The van der Waals surface area contributed by atoms with E-state index in [0.29, 0.717) is 12.8 Å². The second kappa shape index (κ2) is 38.0. The number of carbonyl (C=O) groups excluding carboxylic acids is 2. The number of ether oxygens (including phenoxy) is 5. The monoisotopic (exact) mass is 800 g/mol. The lowest BCUT2D eigenvalue weighted by molar-refractivity contribution is -0.151. The van der Waals surface area contributed by atoms with Gasteiger partial charge in [0, 0.05) is 25.9 Å². The molecule has 57 heavy (non-hydrogen) atoms. The highest BCUT2D eigenvalue weighted by atomic mass is 16.7. The number of rotatable bonds is 37. The van der Waals surface area contributed by atoms with Crippen LogP contribution in [0.4, 0.5) is 0 Å². The maximum atomic E-state index is 12.6. The van der Waals surface area contributed by atoms with Crippen molar-refractivity contribution in [3.05, 3.63) is 48.6 Å². The van der Waals surface area contributed by atoms with Gasteiger partial charge in [-0.2, -0.15) is 0 Å². The summed E-state index contributed by atoms with van der Waals surface area (Å²) in [6, 6.07) is 0. The number of allylic oxidation sites excluding steroid dienone is 8. The Balaban J connectivity index is 1.59. The van der Waals surface area contributed by atoms with Gasteiger partial charge in [-0.15, -0.1) is 0 Å². The van der Waals surface area contributed by atoms with Crippen molar-refractivity contribution in [1.82, 2.24) is 4.90 Å². The summed E-state index contributed by atoms with van der Waals surface area (Å²) in [6.07, 6.45) is 45.9. The molecule has 0 saturated carbocycles. The SMILES string of the molecule is CCCCC/C=C\C/C=C\CCCCCCCC(=O)OCC1OC(CCCCN2CCOCC2)OC1COC(=O)CCCCCCC/C=C\C/C=C\CCCCC. The average molecular weight is 800 g/mol. The number of esters is 2. The van der Waals surface area contributed by atoms with Crippen molar-refractivity contribution in [1.29, 1.82) is 0 Å². The average Bonchev–Trinajstić information content (AvgIpc) is 3.62. The van der Waals surface area contributed by atoms with E-state index in [0.717, 1.165) is 116 Å². The van der Waals surface area contributed by atoms with Crippen LogP contribution < -0.4 is 0 Å². The molecule has 328 valence electrons. The van der Waals surface area contributed by atoms with E-state index in [4.69, 9.17) is 23.7 Å². The summed E-state index contributed by atoms with van der Waals surface area (Å²) in [5.41, 5.74) is 0. The highest BCUT2D eigenvalue weighted by Gasteiger charge is 2.37. The Bertz CT molecular complexity index is 996. The van der Waals surface area contributed by atoms with Crippen LogP contribution in [-0.2, 0) is 33.3 Å². The van der Waals surface area contributed by atoms with Gasteiger partial charge in [0.05, 0.1) is 13.2 Å². The number of unbranched alkanes of at least 4 members (excludes halogenated alkanes) is 17. The van der Waals surface area contributed by atoms with Crippen molar-refractivity contribution in [2.75, 3.05) is 46.1 Å². The Morgan fingerprint density at radius 2 is 0.947 bits per heavy atom. The van der Waals surface area contributed by atoms with Gasteiger partial charge in [-0.3, -0.25) is 14.5 Å². The lowest BCUT2D eigenvalue weighted by Gasteiger charge is -2.26. The topological polar surface area (TPSA) is 83.5 Å². The number of morpholine rings is 1.